The van der Waals surface area contributed by atoms with E-state index < -0.39 is 56.5 Å². The summed E-state index contributed by atoms with van der Waals surface area (Å²) >= 11 is 12.7. The van der Waals surface area contributed by atoms with E-state index >= 15 is 0 Å². The molecule has 3 atom stereocenters. The van der Waals surface area contributed by atoms with E-state index in [1.54, 1.807) is 37.3 Å². The molecular weight excluding hydrogens is 620 g/mol. The van der Waals surface area contributed by atoms with Crippen molar-refractivity contribution in [3.05, 3.63) is 92.7 Å². The summed E-state index contributed by atoms with van der Waals surface area (Å²) in [5, 5.41) is 6.47. The minimum absolute atomic E-state index is 0.0991. The quantitative estimate of drug-likeness (QED) is 0.349. The lowest BCUT2D eigenvalue weighted by molar-refractivity contribution is -0.133. The molecule has 3 aromatic carbocycles. The Kier molecular flexibility index (Phi) is 7.73. The van der Waals surface area contributed by atoms with Gasteiger partial charge in [0.1, 0.15) is 17.0 Å². The number of aryl methyl sites for hydroxylation is 1. The van der Waals surface area contributed by atoms with Crippen molar-refractivity contribution in [2.45, 2.75) is 50.2 Å². The minimum Gasteiger partial charge on any atom is -0.478 e. The number of hydrogen-bond donors (Lipinski definition) is 3. The maximum Gasteiger partial charge on any atom is 0.277 e. The number of fused-ring (bicyclic) bond motifs is 2. The standard InChI is InChI=1S/C30H28Cl2FN3O6S/c1-15-5-8-18(33)13-19(15)26-30(21-9-6-17(32)12-23(21)34-28(30)39)22(14-25(37)35-26)20-11-16(31)7-10-24(20)42-29(2,3)27(38)36-43(4,40)41/h5-13,22,26H,14H2,1-4H3,(H,34,39)(H,35,37)(H,36,38)/t22-,26+,30-/m0/s1. The van der Waals surface area contributed by atoms with Crippen LogP contribution in [0.4, 0.5) is 10.1 Å². The van der Waals surface area contributed by atoms with Crippen LogP contribution in [0.5, 0.6) is 5.75 Å². The monoisotopic (exact) mass is 647 g/mol. The third kappa shape index (κ3) is 5.57. The summed E-state index contributed by atoms with van der Waals surface area (Å²) in [4.78, 5) is 40.6. The average Bonchev–Trinajstić information content (AvgIpc) is 3.17. The number of carbonyl (C=O) groups excluding carboxylic acids is 3. The molecule has 2 heterocycles. The molecule has 0 aromatic heterocycles. The van der Waals surface area contributed by atoms with Gasteiger partial charge < -0.3 is 15.4 Å². The van der Waals surface area contributed by atoms with Gasteiger partial charge >= 0.3 is 0 Å². The van der Waals surface area contributed by atoms with Crippen molar-refractivity contribution in [2.75, 3.05) is 11.6 Å². The largest absolute Gasteiger partial charge is 0.478 e. The number of hydrogen-bond acceptors (Lipinski definition) is 6. The van der Waals surface area contributed by atoms with Gasteiger partial charge in [-0.3, -0.25) is 14.4 Å². The Morgan fingerprint density at radius 1 is 1.05 bits per heavy atom. The van der Waals surface area contributed by atoms with Crippen LogP contribution < -0.4 is 20.1 Å². The molecule has 3 amide bonds. The molecule has 3 aromatic rings. The lowest BCUT2D eigenvalue weighted by Gasteiger charge is -2.47. The fourth-order valence-corrected chi connectivity index (χ4v) is 6.88. The first-order valence-corrected chi connectivity index (χ1v) is 15.8. The second-order valence-electron chi connectivity index (χ2n) is 11.3. The van der Waals surface area contributed by atoms with E-state index in [0.29, 0.717) is 33.0 Å². The highest BCUT2D eigenvalue weighted by Gasteiger charge is 2.62. The molecule has 0 saturated carbocycles. The molecule has 0 aliphatic carbocycles. The van der Waals surface area contributed by atoms with Crippen molar-refractivity contribution in [3.63, 3.8) is 0 Å². The van der Waals surface area contributed by atoms with Gasteiger partial charge in [-0.2, -0.15) is 0 Å². The molecule has 1 spiro atoms. The molecule has 2 aliphatic heterocycles. The molecule has 1 saturated heterocycles. The summed E-state index contributed by atoms with van der Waals surface area (Å²) in [6.45, 7) is 4.52. The molecule has 13 heteroatoms. The molecule has 2 aliphatic rings. The third-order valence-electron chi connectivity index (χ3n) is 7.84. The smallest absolute Gasteiger partial charge is 0.277 e. The number of benzene rings is 3. The van der Waals surface area contributed by atoms with Crippen LogP contribution in [-0.2, 0) is 29.8 Å². The highest BCUT2D eigenvalue weighted by molar-refractivity contribution is 7.89. The van der Waals surface area contributed by atoms with Gasteiger partial charge in [0, 0.05) is 33.6 Å². The van der Waals surface area contributed by atoms with Crippen molar-refractivity contribution >= 4 is 56.6 Å². The number of rotatable bonds is 6. The Bertz CT molecular complexity index is 1800. The highest BCUT2D eigenvalue weighted by Crippen LogP contribution is 2.59. The summed E-state index contributed by atoms with van der Waals surface area (Å²) in [6.07, 6.45) is 0.642. The first kappa shape index (κ1) is 30.8. The van der Waals surface area contributed by atoms with Crippen molar-refractivity contribution in [1.29, 1.82) is 0 Å². The van der Waals surface area contributed by atoms with Gasteiger partial charge in [-0.05, 0) is 79.9 Å². The third-order valence-corrected chi connectivity index (χ3v) is 8.87. The summed E-state index contributed by atoms with van der Waals surface area (Å²) < 4.78 is 46.3. The summed E-state index contributed by atoms with van der Waals surface area (Å²) in [6, 6.07) is 12.6. The van der Waals surface area contributed by atoms with Gasteiger partial charge in [0.05, 0.1) is 12.3 Å². The molecule has 43 heavy (non-hydrogen) atoms. The van der Waals surface area contributed by atoms with Crippen LogP contribution in [0.3, 0.4) is 0 Å². The molecule has 226 valence electrons. The van der Waals surface area contributed by atoms with Gasteiger partial charge in [0.2, 0.25) is 21.8 Å². The van der Waals surface area contributed by atoms with Crippen LogP contribution in [0.25, 0.3) is 0 Å². The Hall–Kier alpha value is -3.67. The average molecular weight is 649 g/mol. The fraction of sp³-hybridized carbons (Fsp3) is 0.300. The second-order valence-corrected chi connectivity index (χ2v) is 13.9. The van der Waals surface area contributed by atoms with Crippen LogP contribution >= 0.6 is 23.2 Å². The molecular formula is C30H28Cl2FN3O6S. The molecule has 1 fully saturated rings. The van der Waals surface area contributed by atoms with E-state index in [1.807, 2.05) is 4.72 Å². The number of nitrogens with one attached hydrogen (secondary N) is 3. The first-order valence-electron chi connectivity index (χ1n) is 13.2. The molecule has 3 N–H and O–H groups in total. The fourth-order valence-electron chi connectivity index (χ4n) is 5.94. The lowest BCUT2D eigenvalue weighted by atomic mass is 9.59. The summed E-state index contributed by atoms with van der Waals surface area (Å²) in [5.41, 5.74) is -0.960. The van der Waals surface area contributed by atoms with Crippen molar-refractivity contribution in [3.8, 4) is 5.75 Å². The first-order chi connectivity index (χ1) is 20.0. The van der Waals surface area contributed by atoms with Crippen LogP contribution in [0.1, 0.15) is 54.5 Å². The van der Waals surface area contributed by atoms with E-state index in [9.17, 15) is 27.2 Å². The van der Waals surface area contributed by atoms with E-state index in [2.05, 4.69) is 10.6 Å². The number of amides is 3. The maximum absolute atomic E-state index is 14.7. The van der Waals surface area contributed by atoms with Gasteiger partial charge in [-0.25, -0.2) is 17.5 Å². The second kappa shape index (κ2) is 10.8. The maximum atomic E-state index is 14.7. The van der Waals surface area contributed by atoms with Gasteiger partial charge in [0.15, 0.2) is 5.60 Å². The van der Waals surface area contributed by atoms with Gasteiger partial charge in [0.25, 0.3) is 5.91 Å². The van der Waals surface area contributed by atoms with Gasteiger partial charge in [-0.15, -0.1) is 0 Å². The number of piperidine rings is 1. The zero-order chi connectivity index (χ0) is 31.5. The lowest BCUT2D eigenvalue weighted by Crippen LogP contribution is -2.57. The number of anilines is 1. The molecule has 0 radical (unpaired) electrons. The summed E-state index contributed by atoms with van der Waals surface area (Å²) in [7, 11) is -3.90. The topological polar surface area (TPSA) is 131 Å². The van der Waals surface area contributed by atoms with E-state index in [0.717, 1.165) is 6.26 Å². The van der Waals surface area contributed by atoms with Crippen LogP contribution in [0, 0.1) is 12.7 Å². The number of halogens is 3. The van der Waals surface area contributed by atoms with Crippen molar-refractivity contribution in [1.82, 2.24) is 10.0 Å². The molecule has 5 rings (SSSR count). The van der Waals surface area contributed by atoms with E-state index in [1.165, 1.54) is 38.1 Å². The van der Waals surface area contributed by atoms with E-state index in [4.69, 9.17) is 27.9 Å². The Labute approximate surface area is 258 Å². The highest BCUT2D eigenvalue weighted by atomic mass is 35.5. The Balaban J connectivity index is 1.76. The Morgan fingerprint density at radius 2 is 1.72 bits per heavy atom. The Morgan fingerprint density at radius 3 is 2.42 bits per heavy atom. The van der Waals surface area contributed by atoms with E-state index in [-0.39, 0.29) is 17.2 Å². The zero-order valence-corrected chi connectivity index (χ0v) is 25.9. The molecule has 0 bridgehead atoms. The normalized spacial score (nSPS) is 21.7. The minimum atomic E-state index is -3.90. The predicted octanol–water partition coefficient (Wildman–Crippen LogP) is 4.91. The number of carbonyl (C=O) groups is 3. The molecule has 9 nitrogen and oxygen atoms in total. The predicted molar refractivity (Wildman–Crippen MR) is 160 cm³/mol. The van der Waals surface area contributed by atoms with Crippen molar-refractivity contribution in [2.24, 2.45) is 0 Å². The summed E-state index contributed by atoms with van der Waals surface area (Å²) in [5.74, 6) is -3.21. The SMILES string of the molecule is Cc1ccc(F)cc1[C@H]1NC(=O)C[C@@H](c2cc(Cl)ccc2OC(C)(C)C(=O)NS(C)(=O)=O)[C@]12C(=O)Nc1cc(Cl)ccc12. The van der Waals surface area contributed by atoms with Gasteiger partial charge in [-0.1, -0.05) is 35.3 Å². The number of ether oxygens (including phenoxy) is 1. The van der Waals surface area contributed by atoms with Crippen LogP contribution in [0.2, 0.25) is 10.0 Å². The zero-order valence-electron chi connectivity index (χ0n) is 23.5. The van der Waals surface area contributed by atoms with Crippen LogP contribution in [-0.4, -0.2) is 38.0 Å². The molecule has 0 unspecified atom stereocenters. The van der Waals surface area contributed by atoms with Crippen molar-refractivity contribution < 1.29 is 31.9 Å². The van der Waals surface area contributed by atoms with Crippen LogP contribution in [0.15, 0.2) is 54.6 Å². The number of sulfonamides is 1.